The van der Waals surface area contributed by atoms with Gasteiger partial charge in [0, 0.05) is 18.8 Å². The first-order valence-corrected chi connectivity index (χ1v) is 8.09. The second kappa shape index (κ2) is 11.1. The molecule has 0 aliphatic rings. The average molecular weight is 308 g/mol. The predicted octanol–water partition coefficient (Wildman–Crippen LogP) is 3.72. The summed E-state index contributed by atoms with van der Waals surface area (Å²) in [4.78, 5) is 10.4. The van der Waals surface area contributed by atoms with Gasteiger partial charge in [-0.25, -0.2) is 0 Å². The SMILES string of the molecule is CC.CC(C)(C)OCCC(CCNC=O)c1cccc(N)c1. The summed E-state index contributed by atoms with van der Waals surface area (Å²) in [5.41, 5.74) is 7.70. The lowest BCUT2D eigenvalue weighted by Gasteiger charge is -2.23. The number of hydrogen-bond acceptors (Lipinski definition) is 3. The predicted molar refractivity (Wildman–Crippen MR) is 93.9 cm³/mol. The van der Waals surface area contributed by atoms with Gasteiger partial charge in [-0.15, -0.1) is 0 Å². The summed E-state index contributed by atoms with van der Waals surface area (Å²) in [6, 6.07) is 7.94. The standard InChI is InChI=1S/C16H26N2O2.C2H6/c1-16(2,3)20-10-8-13(7-9-18-12-19)14-5-4-6-15(17)11-14;1-2/h4-6,11-13H,7-10,17H2,1-3H3,(H,18,19);1-2H3. The molecule has 0 aliphatic carbocycles. The second-order valence-electron chi connectivity index (χ2n) is 5.98. The van der Waals surface area contributed by atoms with Gasteiger partial charge < -0.3 is 15.8 Å². The van der Waals surface area contributed by atoms with Crippen LogP contribution in [0.15, 0.2) is 24.3 Å². The molecule has 0 radical (unpaired) electrons. The van der Waals surface area contributed by atoms with Crippen LogP contribution >= 0.6 is 0 Å². The van der Waals surface area contributed by atoms with Gasteiger partial charge in [0.1, 0.15) is 0 Å². The van der Waals surface area contributed by atoms with Crippen molar-refractivity contribution in [1.29, 1.82) is 0 Å². The van der Waals surface area contributed by atoms with Gasteiger partial charge in [0.15, 0.2) is 0 Å². The fraction of sp³-hybridized carbons (Fsp3) is 0.611. The van der Waals surface area contributed by atoms with E-state index in [9.17, 15) is 4.79 Å². The Hall–Kier alpha value is -1.55. The highest BCUT2D eigenvalue weighted by Gasteiger charge is 2.15. The third-order valence-corrected chi connectivity index (χ3v) is 3.10. The van der Waals surface area contributed by atoms with Gasteiger partial charge in [-0.2, -0.15) is 0 Å². The summed E-state index contributed by atoms with van der Waals surface area (Å²) in [5, 5.41) is 2.72. The van der Waals surface area contributed by atoms with E-state index in [0.717, 1.165) is 24.9 Å². The number of benzene rings is 1. The highest BCUT2D eigenvalue weighted by atomic mass is 16.5. The number of nitrogens with two attached hydrogens (primary N) is 1. The van der Waals surface area contributed by atoms with Crippen molar-refractivity contribution in [3.05, 3.63) is 29.8 Å². The molecule has 1 aromatic rings. The smallest absolute Gasteiger partial charge is 0.207 e. The number of hydrogen-bond donors (Lipinski definition) is 2. The number of carbonyl (C=O) groups excluding carboxylic acids is 1. The van der Waals surface area contributed by atoms with Gasteiger partial charge in [-0.1, -0.05) is 26.0 Å². The van der Waals surface area contributed by atoms with E-state index in [2.05, 4.69) is 32.2 Å². The van der Waals surface area contributed by atoms with Gasteiger partial charge in [0.05, 0.1) is 5.60 Å². The molecule has 0 aliphatic heterocycles. The molecule has 0 bridgehead atoms. The molecule has 4 heteroatoms. The van der Waals surface area contributed by atoms with Crippen molar-refractivity contribution in [2.45, 2.75) is 59.0 Å². The van der Waals surface area contributed by atoms with Gasteiger partial charge >= 0.3 is 0 Å². The highest BCUT2D eigenvalue weighted by Crippen LogP contribution is 2.25. The molecule has 4 nitrogen and oxygen atoms in total. The van der Waals surface area contributed by atoms with Gasteiger partial charge in [0.25, 0.3) is 0 Å². The molecule has 1 atom stereocenters. The van der Waals surface area contributed by atoms with E-state index in [0.29, 0.717) is 19.1 Å². The van der Waals surface area contributed by atoms with Crippen LogP contribution in [-0.2, 0) is 9.53 Å². The van der Waals surface area contributed by atoms with Crippen LogP contribution in [0.25, 0.3) is 0 Å². The van der Waals surface area contributed by atoms with Crippen molar-refractivity contribution >= 4 is 12.1 Å². The third-order valence-electron chi connectivity index (χ3n) is 3.10. The fourth-order valence-electron chi connectivity index (χ4n) is 2.11. The first-order chi connectivity index (χ1) is 10.4. The molecule has 1 amide bonds. The fourth-order valence-corrected chi connectivity index (χ4v) is 2.11. The number of nitrogen functional groups attached to an aromatic ring is 1. The summed E-state index contributed by atoms with van der Waals surface area (Å²) in [6.07, 6.45) is 2.54. The van der Waals surface area contributed by atoms with Crippen molar-refractivity contribution in [3.63, 3.8) is 0 Å². The van der Waals surface area contributed by atoms with E-state index in [4.69, 9.17) is 10.5 Å². The zero-order valence-corrected chi connectivity index (χ0v) is 14.7. The largest absolute Gasteiger partial charge is 0.399 e. The molecule has 22 heavy (non-hydrogen) atoms. The van der Waals surface area contributed by atoms with E-state index in [1.54, 1.807) is 0 Å². The Morgan fingerprint density at radius 2 is 1.95 bits per heavy atom. The minimum Gasteiger partial charge on any atom is -0.399 e. The van der Waals surface area contributed by atoms with E-state index in [1.165, 1.54) is 5.56 Å². The zero-order valence-electron chi connectivity index (χ0n) is 14.7. The number of ether oxygens (including phenoxy) is 1. The average Bonchev–Trinajstić information content (AvgIpc) is 2.47. The first kappa shape index (κ1) is 20.5. The number of nitrogens with one attached hydrogen (secondary N) is 1. The molecule has 0 aromatic heterocycles. The molecular formula is C18H32N2O2. The Morgan fingerprint density at radius 1 is 1.27 bits per heavy atom. The molecule has 126 valence electrons. The van der Waals surface area contributed by atoms with Crippen LogP contribution in [0.2, 0.25) is 0 Å². The molecule has 1 rings (SSSR count). The number of rotatable bonds is 8. The van der Waals surface area contributed by atoms with Crippen molar-refractivity contribution in [3.8, 4) is 0 Å². The molecule has 0 spiro atoms. The minimum atomic E-state index is -0.124. The molecule has 1 aromatic carbocycles. The molecule has 1 unspecified atom stereocenters. The van der Waals surface area contributed by atoms with E-state index < -0.39 is 0 Å². The van der Waals surface area contributed by atoms with Gasteiger partial charge in [-0.3, -0.25) is 4.79 Å². The van der Waals surface area contributed by atoms with Gasteiger partial charge in [-0.05, 0) is 57.2 Å². The summed E-state index contributed by atoms with van der Waals surface area (Å²) in [7, 11) is 0. The molecule has 0 heterocycles. The summed E-state index contributed by atoms with van der Waals surface area (Å²) < 4.78 is 5.80. The lowest BCUT2D eigenvalue weighted by Crippen LogP contribution is -2.22. The van der Waals surface area contributed by atoms with Crippen LogP contribution in [0.4, 0.5) is 5.69 Å². The Bertz CT molecular complexity index is 414. The highest BCUT2D eigenvalue weighted by molar-refractivity contribution is 5.46. The van der Waals surface area contributed by atoms with E-state index >= 15 is 0 Å². The van der Waals surface area contributed by atoms with Crippen molar-refractivity contribution in [2.75, 3.05) is 18.9 Å². The quantitative estimate of drug-likeness (QED) is 0.437. The third kappa shape index (κ3) is 9.40. The van der Waals surface area contributed by atoms with Crippen molar-refractivity contribution < 1.29 is 9.53 Å². The molecule has 0 saturated carbocycles. The maximum absolute atomic E-state index is 10.4. The Kier molecular flexibility index (Phi) is 10.3. The lowest BCUT2D eigenvalue weighted by atomic mass is 9.92. The lowest BCUT2D eigenvalue weighted by molar-refractivity contribution is -0.109. The number of anilines is 1. The first-order valence-electron chi connectivity index (χ1n) is 8.09. The zero-order chi connectivity index (χ0) is 17.0. The van der Waals surface area contributed by atoms with Crippen LogP contribution in [0.5, 0.6) is 0 Å². The Morgan fingerprint density at radius 3 is 2.50 bits per heavy atom. The summed E-state index contributed by atoms with van der Waals surface area (Å²) >= 11 is 0. The van der Waals surface area contributed by atoms with E-state index in [1.807, 2.05) is 32.0 Å². The van der Waals surface area contributed by atoms with Crippen LogP contribution in [0.3, 0.4) is 0 Å². The molecule has 3 N–H and O–H groups in total. The van der Waals surface area contributed by atoms with Crippen LogP contribution < -0.4 is 11.1 Å². The van der Waals surface area contributed by atoms with Crippen LogP contribution in [0, 0.1) is 0 Å². The van der Waals surface area contributed by atoms with Gasteiger partial charge in [0.2, 0.25) is 6.41 Å². The monoisotopic (exact) mass is 308 g/mol. The number of carbonyl (C=O) groups is 1. The Balaban J connectivity index is 0.00000211. The summed E-state index contributed by atoms with van der Waals surface area (Å²) in [6.45, 7) is 11.5. The maximum atomic E-state index is 10.4. The molecular weight excluding hydrogens is 276 g/mol. The van der Waals surface area contributed by atoms with E-state index in [-0.39, 0.29) is 5.60 Å². The van der Waals surface area contributed by atoms with Crippen molar-refractivity contribution in [2.24, 2.45) is 0 Å². The number of amides is 1. The Labute approximate surface area is 135 Å². The summed E-state index contributed by atoms with van der Waals surface area (Å²) in [5.74, 6) is 0.341. The minimum absolute atomic E-state index is 0.124. The van der Waals surface area contributed by atoms with Crippen LogP contribution in [0.1, 0.15) is 58.9 Å². The topological polar surface area (TPSA) is 64.3 Å². The molecule has 0 saturated heterocycles. The van der Waals surface area contributed by atoms with Crippen molar-refractivity contribution in [1.82, 2.24) is 5.32 Å². The van der Waals surface area contributed by atoms with Crippen LogP contribution in [-0.4, -0.2) is 25.2 Å². The normalized spacial score (nSPS) is 12.0. The second-order valence-corrected chi connectivity index (χ2v) is 5.98. The molecule has 0 fully saturated rings. The maximum Gasteiger partial charge on any atom is 0.207 e.